The van der Waals surface area contributed by atoms with E-state index >= 15 is 0 Å². The SMILES string of the molecule is Cc1cc([N+](=O)[O-])cc(Cl)c1N1CCC(O)(c2c(F)cccc2F)CC1. The molecule has 0 radical (unpaired) electrons. The van der Waals surface area contributed by atoms with Crippen LogP contribution in [0.25, 0.3) is 0 Å². The Balaban J connectivity index is 1.86. The number of rotatable bonds is 3. The predicted molar refractivity (Wildman–Crippen MR) is 94.5 cm³/mol. The summed E-state index contributed by atoms with van der Waals surface area (Å²) in [5, 5.41) is 22.0. The van der Waals surface area contributed by atoms with Crippen molar-refractivity contribution in [3.63, 3.8) is 0 Å². The number of nitro benzene ring substituents is 1. The average Bonchev–Trinajstić information content (AvgIpc) is 2.55. The Kier molecular flexibility index (Phi) is 4.86. The molecule has 0 aliphatic carbocycles. The maximum Gasteiger partial charge on any atom is 0.271 e. The molecule has 2 aromatic rings. The van der Waals surface area contributed by atoms with Crippen LogP contribution in [0.5, 0.6) is 0 Å². The van der Waals surface area contributed by atoms with E-state index in [4.69, 9.17) is 11.6 Å². The number of hydrogen-bond acceptors (Lipinski definition) is 4. The number of halogens is 3. The van der Waals surface area contributed by atoms with Gasteiger partial charge in [-0.25, -0.2) is 8.78 Å². The fraction of sp³-hybridized carbons (Fsp3) is 0.333. The van der Waals surface area contributed by atoms with Gasteiger partial charge in [-0.15, -0.1) is 0 Å². The Morgan fingerprint density at radius 3 is 2.31 bits per heavy atom. The summed E-state index contributed by atoms with van der Waals surface area (Å²) in [7, 11) is 0. The van der Waals surface area contributed by atoms with Crippen molar-refractivity contribution in [2.24, 2.45) is 0 Å². The average molecular weight is 383 g/mol. The summed E-state index contributed by atoms with van der Waals surface area (Å²) in [6.07, 6.45) is 0.217. The summed E-state index contributed by atoms with van der Waals surface area (Å²) in [5.41, 5.74) is -0.753. The van der Waals surface area contributed by atoms with Gasteiger partial charge in [0.1, 0.15) is 11.6 Å². The van der Waals surface area contributed by atoms with E-state index in [-0.39, 0.29) is 29.1 Å². The fourth-order valence-electron chi connectivity index (χ4n) is 3.52. The zero-order valence-electron chi connectivity index (χ0n) is 14.0. The number of anilines is 1. The Bertz CT molecular complexity index is 824. The minimum Gasteiger partial charge on any atom is -0.385 e. The number of hydrogen-bond donors (Lipinski definition) is 1. The first-order valence-corrected chi connectivity index (χ1v) is 8.47. The summed E-state index contributed by atoms with van der Waals surface area (Å²) >= 11 is 6.22. The molecule has 3 rings (SSSR count). The zero-order valence-corrected chi connectivity index (χ0v) is 14.8. The predicted octanol–water partition coefficient (Wildman–Crippen LogP) is 4.32. The first-order valence-electron chi connectivity index (χ1n) is 8.09. The molecule has 0 amide bonds. The number of non-ortho nitro benzene ring substituents is 1. The molecular weight excluding hydrogens is 366 g/mol. The lowest BCUT2D eigenvalue weighted by molar-refractivity contribution is -0.384. The first kappa shape index (κ1) is 18.5. The van der Waals surface area contributed by atoms with Crippen LogP contribution in [0.15, 0.2) is 30.3 Å². The van der Waals surface area contributed by atoms with Crippen LogP contribution in [0.1, 0.15) is 24.0 Å². The Morgan fingerprint density at radius 2 is 1.81 bits per heavy atom. The highest BCUT2D eigenvalue weighted by molar-refractivity contribution is 6.33. The number of benzene rings is 2. The second kappa shape index (κ2) is 6.81. The molecule has 0 saturated carbocycles. The molecule has 0 atom stereocenters. The molecule has 26 heavy (non-hydrogen) atoms. The third-order valence-corrected chi connectivity index (χ3v) is 5.07. The van der Waals surface area contributed by atoms with Gasteiger partial charge >= 0.3 is 0 Å². The molecule has 2 aromatic carbocycles. The van der Waals surface area contributed by atoms with Gasteiger partial charge in [0.25, 0.3) is 5.69 Å². The van der Waals surface area contributed by atoms with Crippen LogP contribution in [0.4, 0.5) is 20.2 Å². The number of aryl methyl sites for hydroxylation is 1. The molecule has 5 nitrogen and oxygen atoms in total. The molecule has 1 saturated heterocycles. The van der Waals surface area contributed by atoms with Crippen molar-refractivity contribution in [2.75, 3.05) is 18.0 Å². The molecule has 1 fully saturated rings. The van der Waals surface area contributed by atoms with E-state index in [2.05, 4.69) is 0 Å². The van der Waals surface area contributed by atoms with E-state index in [1.54, 1.807) is 6.92 Å². The van der Waals surface area contributed by atoms with Crippen molar-refractivity contribution >= 4 is 23.0 Å². The molecule has 1 N–H and O–H groups in total. The largest absolute Gasteiger partial charge is 0.385 e. The Hall–Kier alpha value is -2.25. The van der Waals surface area contributed by atoms with Gasteiger partial charge in [-0.2, -0.15) is 0 Å². The number of aliphatic hydroxyl groups is 1. The molecule has 0 spiro atoms. The summed E-state index contributed by atoms with van der Waals surface area (Å²) in [6, 6.07) is 6.21. The monoisotopic (exact) mass is 382 g/mol. The molecule has 1 aliphatic heterocycles. The summed E-state index contributed by atoms with van der Waals surface area (Å²) in [4.78, 5) is 12.3. The third kappa shape index (κ3) is 3.24. The lowest BCUT2D eigenvalue weighted by atomic mass is 9.83. The Labute approximate surface area is 154 Å². The van der Waals surface area contributed by atoms with E-state index in [0.29, 0.717) is 24.3 Å². The van der Waals surface area contributed by atoms with Crippen LogP contribution in [0, 0.1) is 28.7 Å². The van der Waals surface area contributed by atoms with E-state index in [0.717, 1.165) is 12.1 Å². The van der Waals surface area contributed by atoms with E-state index in [1.165, 1.54) is 18.2 Å². The van der Waals surface area contributed by atoms with E-state index < -0.39 is 22.2 Å². The minimum absolute atomic E-state index is 0.0989. The standard InChI is InChI=1S/C18H17ClF2N2O3/c1-11-9-12(23(25)26)10-13(19)17(11)22-7-5-18(24,6-8-22)16-14(20)3-2-4-15(16)21/h2-4,9-10,24H,5-8H2,1H3. The van der Waals surface area contributed by atoms with Crippen molar-refractivity contribution in [3.8, 4) is 0 Å². The van der Waals surface area contributed by atoms with Gasteiger partial charge in [0.2, 0.25) is 0 Å². The smallest absolute Gasteiger partial charge is 0.271 e. The molecule has 0 bridgehead atoms. The minimum atomic E-state index is -1.60. The van der Waals surface area contributed by atoms with Crippen LogP contribution in [0.3, 0.4) is 0 Å². The van der Waals surface area contributed by atoms with Crippen LogP contribution < -0.4 is 4.90 Å². The van der Waals surface area contributed by atoms with Gasteiger partial charge in [0, 0.05) is 25.2 Å². The van der Waals surface area contributed by atoms with Gasteiger partial charge in [0.15, 0.2) is 0 Å². The van der Waals surface area contributed by atoms with Crippen LogP contribution in [-0.4, -0.2) is 23.1 Å². The number of nitrogens with zero attached hydrogens (tertiary/aromatic N) is 2. The fourth-order valence-corrected chi connectivity index (χ4v) is 3.90. The van der Waals surface area contributed by atoms with Crippen LogP contribution >= 0.6 is 11.6 Å². The quantitative estimate of drug-likeness (QED) is 0.634. The van der Waals surface area contributed by atoms with Crippen molar-refractivity contribution < 1.29 is 18.8 Å². The summed E-state index contributed by atoms with van der Waals surface area (Å²) in [6.45, 7) is 2.33. The maximum atomic E-state index is 14.1. The van der Waals surface area contributed by atoms with Gasteiger partial charge in [0.05, 0.1) is 26.8 Å². The van der Waals surface area contributed by atoms with E-state index in [9.17, 15) is 24.0 Å². The number of nitro groups is 1. The summed E-state index contributed by atoms with van der Waals surface area (Å²) in [5.74, 6) is -1.55. The molecule has 1 aliphatic rings. The lowest BCUT2D eigenvalue weighted by Crippen LogP contribution is -2.44. The van der Waals surface area contributed by atoms with Gasteiger partial charge < -0.3 is 10.0 Å². The molecule has 1 heterocycles. The highest BCUT2D eigenvalue weighted by Crippen LogP contribution is 2.40. The summed E-state index contributed by atoms with van der Waals surface area (Å²) < 4.78 is 28.1. The molecule has 138 valence electrons. The lowest BCUT2D eigenvalue weighted by Gasteiger charge is -2.40. The molecular formula is C18H17ClF2N2O3. The van der Waals surface area contributed by atoms with E-state index in [1.807, 2.05) is 4.90 Å². The highest BCUT2D eigenvalue weighted by atomic mass is 35.5. The maximum absolute atomic E-state index is 14.1. The van der Waals surface area contributed by atoms with Gasteiger partial charge in [-0.3, -0.25) is 10.1 Å². The number of piperidine rings is 1. The first-order chi connectivity index (χ1) is 12.2. The Morgan fingerprint density at radius 1 is 1.23 bits per heavy atom. The van der Waals surface area contributed by atoms with Crippen molar-refractivity contribution in [1.29, 1.82) is 0 Å². The topological polar surface area (TPSA) is 66.6 Å². The van der Waals surface area contributed by atoms with Crippen LogP contribution in [-0.2, 0) is 5.60 Å². The second-order valence-electron chi connectivity index (χ2n) is 6.47. The van der Waals surface area contributed by atoms with Crippen molar-refractivity contribution in [1.82, 2.24) is 0 Å². The molecule has 0 aromatic heterocycles. The van der Waals surface area contributed by atoms with Crippen molar-refractivity contribution in [2.45, 2.75) is 25.4 Å². The van der Waals surface area contributed by atoms with Crippen molar-refractivity contribution in [3.05, 3.63) is 68.2 Å². The second-order valence-corrected chi connectivity index (χ2v) is 6.87. The van der Waals surface area contributed by atoms with Gasteiger partial charge in [-0.05, 0) is 37.5 Å². The molecule has 8 heteroatoms. The van der Waals surface area contributed by atoms with Gasteiger partial charge in [-0.1, -0.05) is 17.7 Å². The normalized spacial score (nSPS) is 16.6. The highest BCUT2D eigenvalue weighted by Gasteiger charge is 2.39. The third-order valence-electron chi connectivity index (χ3n) is 4.78. The van der Waals surface area contributed by atoms with Crippen LogP contribution in [0.2, 0.25) is 5.02 Å². The molecule has 0 unspecified atom stereocenters. The zero-order chi connectivity index (χ0) is 19.1.